The third kappa shape index (κ3) is 7.06. The average molecular weight is 728 g/mol. The number of aliphatic hydroxyl groups is 1. The third-order valence-corrected chi connectivity index (χ3v) is 10.8. The van der Waals surface area contributed by atoms with Crippen molar-refractivity contribution in [1.82, 2.24) is 24.8 Å². The lowest BCUT2D eigenvalue weighted by Crippen LogP contribution is -2.35. The monoisotopic (exact) mass is 727 g/mol. The number of carbonyl (C=O) groups is 1. The highest BCUT2D eigenvalue weighted by molar-refractivity contribution is 6.36. The number of carboxylic acids is 1. The number of β-amino-alcohol motifs (C(OH)–C–C–N with tert-alkyl or cyclic N) is 1. The summed E-state index contributed by atoms with van der Waals surface area (Å²) in [6, 6.07) is 21.9. The zero-order valence-corrected chi connectivity index (χ0v) is 30.0. The van der Waals surface area contributed by atoms with Crippen LogP contribution in [-0.2, 0) is 17.9 Å². The summed E-state index contributed by atoms with van der Waals surface area (Å²) in [6.07, 6.45) is 5.37. The molecule has 3 aromatic heterocycles. The van der Waals surface area contributed by atoms with E-state index in [1.807, 2.05) is 67.7 Å². The van der Waals surface area contributed by atoms with Crippen molar-refractivity contribution in [1.29, 1.82) is 5.26 Å². The van der Waals surface area contributed by atoms with Crippen LogP contribution in [0.15, 0.2) is 77.5 Å². The third-order valence-electron chi connectivity index (χ3n) is 10.4. The maximum atomic E-state index is 11.4. The molecule has 0 aliphatic carbocycles. The number of rotatable bonds is 9. The molecule has 3 N–H and O–H groups in total. The molecule has 2 saturated heterocycles. The van der Waals surface area contributed by atoms with Crippen LogP contribution >= 0.6 is 11.6 Å². The summed E-state index contributed by atoms with van der Waals surface area (Å²) < 4.78 is 6.27. The van der Waals surface area contributed by atoms with Crippen LogP contribution in [0.3, 0.4) is 0 Å². The molecular weight excluding hydrogens is 690 g/mol. The maximum Gasteiger partial charge on any atom is 0.306 e. The minimum atomic E-state index is -0.736. The quantitative estimate of drug-likeness (QED) is 0.135. The number of aromatic nitrogens is 3. The van der Waals surface area contributed by atoms with Gasteiger partial charge in [0.2, 0.25) is 5.89 Å². The van der Waals surface area contributed by atoms with Gasteiger partial charge in [-0.25, -0.2) is 9.97 Å². The molecule has 11 nitrogen and oxygen atoms in total. The lowest BCUT2D eigenvalue weighted by molar-refractivity contribution is -0.143. The number of aliphatic carboxylic acids is 1. The number of nitriles is 1. The zero-order valence-electron chi connectivity index (χ0n) is 29.2. The largest absolute Gasteiger partial charge is 0.481 e. The van der Waals surface area contributed by atoms with Gasteiger partial charge in [0, 0.05) is 55.1 Å². The van der Waals surface area contributed by atoms with Crippen molar-refractivity contribution >= 4 is 51.1 Å². The van der Waals surface area contributed by atoms with E-state index in [-0.39, 0.29) is 12.0 Å². The summed E-state index contributed by atoms with van der Waals surface area (Å²) in [4.78, 5) is 30.1. The number of nitrogens with zero attached hydrogens (tertiary/aromatic N) is 6. The van der Waals surface area contributed by atoms with E-state index in [1.165, 1.54) is 0 Å². The summed E-state index contributed by atoms with van der Waals surface area (Å²) in [7, 11) is 0. The van der Waals surface area contributed by atoms with E-state index in [0.29, 0.717) is 78.1 Å². The Kier molecular flexibility index (Phi) is 9.53. The second-order valence-electron chi connectivity index (χ2n) is 14.0. The van der Waals surface area contributed by atoms with Crippen LogP contribution in [0.25, 0.3) is 44.6 Å². The highest BCUT2D eigenvalue weighted by Gasteiger charge is 2.25. The van der Waals surface area contributed by atoms with Gasteiger partial charge in [0.25, 0.3) is 0 Å². The van der Waals surface area contributed by atoms with E-state index in [0.717, 1.165) is 63.8 Å². The first-order valence-corrected chi connectivity index (χ1v) is 18.2. The van der Waals surface area contributed by atoms with E-state index < -0.39 is 5.97 Å². The predicted molar refractivity (Wildman–Crippen MR) is 204 cm³/mol. The molecule has 6 aromatic rings. The van der Waals surface area contributed by atoms with Crippen LogP contribution in [0, 0.1) is 24.2 Å². The Morgan fingerprint density at radius 1 is 0.981 bits per heavy atom. The number of halogens is 1. The molecule has 0 radical (unpaired) electrons. The summed E-state index contributed by atoms with van der Waals surface area (Å²) >= 11 is 7.13. The summed E-state index contributed by atoms with van der Waals surface area (Å²) in [6.45, 7) is 6.27. The van der Waals surface area contributed by atoms with Crippen molar-refractivity contribution in [2.75, 3.05) is 31.5 Å². The number of fused-ring (bicyclic) bond motifs is 2. The molecule has 0 saturated carbocycles. The molecule has 0 spiro atoms. The van der Waals surface area contributed by atoms with E-state index in [2.05, 4.69) is 32.2 Å². The van der Waals surface area contributed by atoms with Gasteiger partial charge in [-0.3, -0.25) is 19.6 Å². The second-order valence-corrected chi connectivity index (χ2v) is 14.4. The summed E-state index contributed by atoms with van der Waals surface area (Å²) in [5.74, 6) is -0.0319. The van der Waals surface area contributed by atoms with Gasteiger partial charge in [0.15, 0.2) is 11.4 Å². The van der Waals surface area contributed by atoms with Gasteiger partial charge in [-0.1, -0.05) is 35.9 Å². The van der Waals surface area contributed by atoms with Crippen LogP contribution in [0.1, 0.15) is 41.5 Å². The first kappa shape index (κ1) is 34.7. The predicted octanol–water partition coefficient (Wildman–Crippen LogP) is 7.55. The SMILES string of the molecule is Cc1c(-c2nc3cc(CN4CCC(C(=O)O)CC4)cc(C#N)c3o2)cccc1-c1cccc(Nc2nccc3cc(CN4CC[C@@H](O)C4)cnc23)c1Cl. The maximum absolute atomic E-state index is 11.4. The zero-order chi connectivity index (χ0) is 36.6. The number of hydrogen-bond donors (Lipinski definition) is 3. The molecule has 3 aromatic carbocycles. The van der Waals surface area contributed by atoms with E-state index in [1.54, 1.807) is 6.20 Å². The number of aliphatic hydroxyl groups excluding tert-OH is 1. The number of hydrogen-bond acceptors (Lipinski definition) is 10. The fraction of sp³-hybridized carbons (Fsp3) is 0.293. The molecule has 12 heteroatoms. The second kappa shape index (κ2) is 14.6. The molecule has 268 valence electrons. The summed E-state index contributed by atoms with van der Waals surface area (Å²) in [5.41, 5.74) is 8.31. The number of piperidine rings is 1. The molecule has 8 rings (SSSR count). The smallest absolute Gasteiger partial charge is 0.306 e. The Labute approximate surface area is 311 Å². The van der Waals surface area contributed by atoms with E-state index >= 15 is 0 Å². The molecular formula is C41H38ClN7O4. The van der Waals surface area contributed by atoms with Crippen LogP contribution in [0.5, 0.6) is 0 Å². The molecule has 5 heterocycles. The fourth-order valence-corrected chi connectivity index (χ4v) is 7.87. The number of benzene rings is 3. The van der Waals surface area contributed by atoms with Crippen molar-refractivity contribution in [3.63, 3.8) is 0 Å². The lowest BCUT2D eigenvalue weighted by atomic mass is 9.96. The molecule has 53 heavy (non-hydrogen) atoms. The van der Waals surface area contributed by atoms with Gasteiger partial charge < -0.3 is 19.9 Å². The van der Waals surface area contributed by atoms with Gasteiger partial charge in [-0.2, -0.15) is 5.26 Å². The lowest BCUT2D eigenvalue weighted by Gasteiger charge is -2.30. The van der Waals surface area contributed by atoms with Crippen molar-refractivity contribution in [3.8, 4) is 28.7 Å². The molecule has 0 bridgehead atoms. The highest BCUT2D eigenvalue weighted by atomic mass is 35.5. The number of oxazole rings is 1. The number of likely N-dealkylation sites (tertiary alicyclic amines) is 2. The Bertz CT molecular complexity index is 2400. The molecule has 2 aliphatic rings. The Morgan fingerprint density at radius 2 is 1.74 bits per heavy atom. The fourth-order valence-electron chi connectivity index (χ4n) is 7.60. The molecule has 0 amide bonds. The van der Waals surface area contributed by atoms with Crippen molar-refractivity contribution in [2.45, 2.75) is 45.4 Å². The minimum absolute atomic E-state index is 0.266. The molecule has 1 atom stereocenters. The van der Waals surface area contributed by atoms with Crippen molar-refractivity contribution < 1.29 is 19.4 Å². The number of nitrogens with one attached hydrogen (secondary N) is 1. The molecule has 0 unspecified atom stereocenters. The molecule has 2 fully saturated rings. The van der Waals surface area contributed by atoms with Gasteiger partial charge in [0.1, 0.15) is 17.1 Å². The van der Waals surface area contributed by atoms with Gasteiger partial charge >= 0.3 is 5.97 Å². The first-order valence-electron chi connectivity index (χ1n) is 17.8. The van der Waals surface area contributed by atoms with Gasteiger partial charge in [0.05, 0.1) is 28.3 Å². The van der Waals surface area contributed by atoms with Crippen LogP contribution in [-0.4, -0.2) is 73.2 Å². The van der Waals surface area contributed by atoms with E-state index in [4.69, 9.17) is 26.0 Å². The summed E-state index contributed by atoms with van der Waals surface area (Å²) in [5, 5.41) is 34.2. The molecule has 2 aliphatic heterocycles. The minimum Gasteiger partial charge on any atom is -0.481 e. The van der Waals surface area contributed by atoms with E-state index in [9.17, 15) is 20.3 Å². The first-order chi connectivity index (χ1) is 25.7. The number of pyridine rings is 2. The van der Waals surface area contributed by atoms with Gasteiger partial charge in [-0.05, 0) is 97.9 Å². The van der Waals surface area contributed by atoms with Gasteiger partial charge in [-0.15, -0.1) is 0 Å². The normalized spacial score (nSPS) is 17.1. The van der Waals surface area contributed by atoms with Crippen LogP contribution in [0.4, 0.5) is 11.5 Å². The Balaban J connectivity index is 1.05. The number of anilines is 2. The number of carboxylic acid groups (broad SMARTS) is 1. The average Bonchev–Trinajstić information content (AvgIpc) is 3.78. The highest BCUT2D eigenvalue weighted by Crippen LogP contribution is 2.40. The van der Waals surface area contributed by atoms with Crippen LogP contribution in [0.2, 0.25) is 5.02 Å². The van der Waals surface area contributed by atoms with Crippen molar-refractivity contribution in [2.24, 2.45) is 5.92 Å². The Hall–Kier alpha value is -5.38. The topological polar surface area (TPSA) is 152 Å². The standard InChI is InChI=1S/C41H38ClN7O4/c1-24-31(4-2-5-32(24)40-47-35-18-25(16-29(19-43)38(35)53-40)21-48-13-9-27(10-14-48)41(51)52)33-6-3-7-34(36(33)42)46-39-37-28(8-12-44-39)17-26(20-45-37)22-49-15-11-30(50)23-49/h2-8,12,16-18,20,27,30,50H,9-11,13-15,21-23H2,1H3,(H,44,46)(H,51,52)/t30-/m1/s1. The van der Waals surface area contributed by atoms with Crippen LogP contribution < -0.4 is 5.32 Å². The Morgan fingerprint density at radius 3 is 2.51 bits per heavy atom. The van der Waals surface area contributed by atoms with Crippen molar-refractivity contribution in [3.05, 3.63) is 100 Å².